The number of hydrogen-bond donors (Lipinski definition) is 1. The molecule has 0 bridgehead atoms. The van der Waals surface area contributed by atoms with Gasteiger partial charge in [0.05, 0.1) is 6.61 Å². The van der Waals surface area contributed by atoms with Gasteiger partial charge in [0.2, 0.25) is 0 Å². The van der Waals surface area contributed by atoms with E-state index in [1.54, 1.807) is 0 Å². The summed E-state index contributed by atoms with van der Waals surface area (Å²) in [5.41, 5.74) is 5.30. The van der Waals surface area contributed by atoms with Crippen LogP contribution in [-0.4, -0.2) is 18.1 Å². The van der Waals surface area contributed by atoms with Gasteiger partial charge in [-0.05, 0) is 54.3 Å². The largest absolute Gasteiger partial charge is 0.493 e. The second-order valence-electron chi connectivity index (χ2n) is 5.27. The highest BCUT2D eigenvalue weighted by molar-refractivity contribution is 5.39. The number of nitrogens with one attached hydrogen (secondary N) is 1. The van der Waals surface area contributed by atoms with Crippen molar-refractivity contribution in [1.29, 1.82) is 0 Å². The third kappa shape index (κ3) is 2.99. The lowest BCUT2D eigenvalue weighted by molar-refractivity contribution is 0.357. The zero-order valence-corrected chi connectivity index (χ0v) is 11.9. The van der Waals surface area contributed by atoms with E-state index in [4.69, 9.17) is 4.74 Å². The first-order valence-electron chi connectivity index (χ1n) is 7.18. The molecule has 0 amide bonds. The molecule has 1 aliphatic rings. The summed E-state index contributed by atoms with van der Waals surface area (Å²) < 4.78 is 5.53. The first-order chi connectivity index (χ1) is 9.83. The molecule has 3 nitrogen and oxygen atoms in total. The van der Waals surface area contributed by atoms with Crippen LogP contribution in [0.5, 0.6) is 5.75 Å². The van der Waals surface area contributed by atoms with E-state index in [0.717, 1.165) is 38.3 Å². The smallest absolute Gasteiger partial charge is 0.122 e. The predicted octanol–water partition coefficient (Wildman–Crippen LogP) is 2.66. The highest BCUT2D eigenvalue weighted by atomic mass is 16.5. The molecule has 2 aromatic rings. The van der Waals surface area contributed by atoms with Gasteiger partial charge in [-0.25, -0.2) is 0 Å². The minimum atomic E-state index is 0.831. The van der Waals surface area contributed by atoms with Crippen molar-refractivity contribution in [3.8, 4) is 5.75 Å². The van der Waals surface area contributed by atoms with Gasteiger partial charge in [0.1, 0.15) is 5.75 Å². The summed E-state index contributed by atoms with van der Waals surface area (Å²) in [6, 6.07) is 8.60. The lowest BCUT2D eigenvalue weighted by Crippen LogP contribution is -2.17. The fourth-order valence-corrected chi connectivity index (χ4v) is 2.53. The van der Waals surface area contributed by atoms with Crippen LogP contribution < -0.4 is 10.1 Å². The number of rotatable bonds is 5. The maximum absolute atomic E-state index is 5.53. The molecule has 1 aliphatic heterocycles. The van der Waals surface area contributed by atoms with Crippen LogP contribution in [0.2, 0.25) is 0 Å². The van der Waals surface area contributed by atoms with Crippen molar-refractivity contribution in [1.82, 2.24) is 10.3 Å². The Morgan fingerprint density at radius 3 is 3.15 bits per heavy atom. The normalized spacial score (nSPS) is 13.1. The van der Waals surface area contributed by atoms with Crippen molar-refractivity contribution in [2.75, 3.05) is 13.2 Å². The fourth-order valence-electron chi connectivity index (χ4n) is 2.53. The van der Waals surface area contributed by atoms with Gasteiger partial charge in [0.25, 0.3) is 0 Å². The second kappa shape index (κ2) is 6.06. The molecule has 0 fully saturated rings. The highest BCUT2D eigenvalue weighted by Crippen LogP contribution is 2.25. The van der Waals surface area contributed by atoms with Crippen LogP contribution >= 0.6 is 0 Å². The van der Waals surface area contributed by atoms with Gasteiger partial charge in [-0.3, -0.25) is 4.98 Å². The number of nitrogens with zero attached hydrogens (tertiary/aromatic N) is 1. The number of benzene rings is 1. The van der Waals surface area contributed by atoms with Crippen molar-refractivity contribution in [2.24, 2.45) is 0 Å². The third-order valence-corrected chi connectivity index (χ3v) is 3.81. The van der Waals surface area contributed by atoms with Crippen LogP contribution in [-0.2, 0) is 19.4 Å². The molecule has 104 valence electrons. The summed E-state index contributed by atoms with van der Waals surface area (Å²) >= 11 is 0. The van der Waals surface area contributed by atoms with Crippen LogP contribution in [0, 0.1) is 6.92 Å². The van der Waals surface area contributed by atoms with Crippen LogP contribution in [0.25, 0.3) is 0 Å². The molecular formula is C17H20N2O. The molecule has 20 heavy (non-hydrogen) atoms. The molecule has 0 saturated carbocycles. The lowest BCUT2D eigenvalue weighted by Gasteiger charge is -2.08. The summed E-state index contributed by atoms with van der Waals surface area (Å²) in [5, 5.41) is 3.49. The Kier molecular flexibility index (Phi) is 3.97. The highest BCUT2D eigenvalue weighted by Gasteiger charge is 2.11. The zero-order chi connectivity index (χ0) is 13.8. The molecule has 1 aromatic carbocycles. The van der Waals surface area contributed by atoms with Crippen molar-refractivity contribution in [2.45, 2.75) is 26.3 Å². The van der Waals surface area contributed by atoms with Crippen molar-refractivity contribution in [3.05, 3.63) is 58.9 Å². The van der Waals surface area contributed by atoms with E-state index < -0.39 is 0 Å². The van der Waals surface area contributed by atoms with Crippen LogP contribution in [0.4, 0.5) is 0 Å². The van der Waals surface area contributed by atoms with Crippen molar-refractivity contribution < 1.29 is 4.74 Å². The molecule has 1 N–H and O–H groups in total. The summed E-state index contributed by atoms with van der Waals surface area (Å²) in [7, 11) is 0. The lowest BCUT2D eigenvalue weighted by atomic mass is 10.1. The van der Waals surface area contributed by atoms with E-state index >= 15 is 0 Å². The van der Waals surface area contributed by atoms with E-state index in [9.17, 15) is 0 Å². The SMILES string of the molecule is Cc1ccncc1CNCCc1ccc2c(c1)CCO2. The Hall–Kier alpha value is -1.87. The number of pyridine rings is 1. The minimum Gasteiger partial charge on any atom is -0.493 e. The summed E-state index contributed by atoms with van der Waals surface area (Å²) in [5.74, 6) is 1.06. The predicted molar refractivity (Wildman–Crippen MR) is 80.0 cm³/mol. The quantitative estimate of drug-likeness (QED) is 0.847. The van der Waals surface area contributed by atoms with Gasteiger partial charge >= 0.3 is 0 Å². The van der Waals surface area contributed by atoms with E-state index in [0.29, 0.717) is 0 Å². The molecule has 3 heteroatoms. The van der Waals surface area contributed by atoms with Crippen LogP contribution in [0.15, 0.2) is 36.7 Å². The zero-order valence-electron chi connectivity index (χ0n) is 11.9. The van der Waals surface area contributed by atoms with Gasteiger partial charge < -0.3 is 10.1 Å². The molecule has 0 atom stereocenters. The van der Waals surface area contributed by atoms with Crippen LogP contribution in [0.1, 0.15) is 22.3 Å². The Balaban J connectivity index is 1.49. The topological polar surface area (TPSA) is 34.2 Å². The minimum absolute atomic E-state index is 0.831. The van der Waals surface area contributed by atoms with E-state index in [1.807, 2.05) is 12.4 Å². The number of hydrogen-bond acceptors (Lipinski definition) is 3. The maximum atomic E-state index is 5.53. The fraction of sp³-hybridized carbons (Fsp3) is 0.353. The average molecular weight is 268 g/mol. The van der Waals surface area contributed by atoms with E-state index in [2.05, 4.69) is 41.5 Å². The number of ether oxygens (including phenoxy) is 1. The second-order valence-corrected chi connectivity index (χ2v) is 5.27. The molecule has 1 aromatic heterocycles. The van der Waals surface area contributed by atoms with E-state index in [-0.39, 0.29) is 0 Å². The van der Waals surface area contributed by atoms with Gasteiger partial charge in [-0.2, -0.15) is 0 Å². The molecule has 3 rings (SSSR count). The molecule has 0 aliphatic carbocycles. The maximum Gasteiger partial charge on any atom is 0.122 e. The van der Waals surface area contributed by atoms with Gasteiger partial charge in [0, 0.05) is 25.4 Å². The standard InChI is InChI=1S/C17H20N2O/c1-13-4-7-18-11-16(13)12-19-8-5-14-2-3-17-15(10-14)6-9-20-17/h2-4,7,10-11,19H,5-6,8-9,12H2,1H3. The Morgan fingerprint density at radius 1 is 1.30 bits per heavy atom. The summed E-state index contributed by atoms with van der Waals surface area (Å²) in [4.78, 5) is 4.17. The molecule has 0 unspecified atom stereocenters. The van der Waals surface area contributed by atoms with Crippen LogP contribution in [0.3, 0.4) is 0 Å². The number of fused-ring (bicyclic) bond motifs is 1. The third-order valence-electron chi connectivity index (χ3n) is 3.81. The molecular weight excluding hydrogens is 248 g/mol. The van der Waals surface area contributed by atoms with Gasteiger partial charge in [-0.1, -0.05) is 12.1 Å². The summed E-state index contributed by atoms with van der Waals surface area (Å²) in [6.45, 7) is 4.82. The number of aromatic nitrogens is 1. The summed E-state index contributed by atoms with van der Waals surface area (Å²) in [6.07, 6.45) is 5.87. The monoisotopic (exact) mass is 268 g/mol. The Labute approximate surface area is 120 Å². The van der Waals surface area contributed by atoms with E-state index in [1.165, 1.54) is 22.3 Å². The molecule has 0 saturated heterocycles. The van der Waals surface area contributed by atoms with Crippen molar-refractivity contribution in [3.63, 3.8) is 0 Å². The molecule has 2 heterocycles. The van der Waals surface area contributed by atoms with Crippen molar-refractivity contribution >= 4 is 0 Å². The molecule has 0 spiro atoms. The Morgan fingerprint density at radius 2 is 2.25 bits per heavy atom. The Bertz CT molecular complexity index is 595. The first-order valence-corrected chi connectivity index (χ1v) is 7.18. The average Bonchev–Trinajstić information content (AvgIpc) is 2.93. The van der Waals surface area contributed by atoms with Gasteiger partial charge in [0.15, 0.2) is 0 Å². The number of aryl methyl sites for hydroxylation is 1. The molecule has 0 radical (unpaired) electrons. The van der Waals surface area contributed by atoms with Gasteiger partial charge in [-0.15, -0.1) is 0 Å². The first kappa shape index (κ1) is 13.1.